The quantitative estimate of drug-likeness (QED) is 0.292. The van der Waals surface area contributed by atoms with Crippen LogP contribution in [0.1, 0.15) is 24.8 Å². The minimum absolute atomic E-state index is 0.388. The molecule has 0 N–H and O–H groups in total. The second-order valence-electron chi connectivity index (χ2n) is 4.36. The SMILES string of the molecule is COC(=O)/C=C/c1ccc(OCCCCCBr)c(OC)c1. The van der Waals surface area contributed by atoms with Crippen LogP contribution < -0.4 is 9.47 Å². The van der Waals surface area contributed by atoms with Crippen LogP contribution in [0.3, 0.4) is 0 Å². The van der Waals surface area contributed by atoms with Gasteiger partial charge >= 0.3 is 5.97 Å². The summed E-state index contributed by atoms with van der Waals surface area (Å²) in [6.07, 6.45) is 6.34. The molecule has 0 heterocycles. The van der Waals surface area contributed by atoms with Gasteiger partial charge in [0.1, 0.15) is 0 Å². The van der Waals surface area contributed by atoms with Gasteiger partial charge in [-0.25, -0.2) is 4.79 Å². The highest BCUT2D eigenvalue weighted by molar-refractivity contribution is 9.09. The summed E-state index contributed by atoms with van der Waals surface area (Å²) in [5.74, 6) is 0.982. The molecule has 0 aliphatic carbocycles. The van der Waals surface area contributed by atoms with E-state index in [0.717, 1.165) is 30.2 Å². The highest BCUT2D eigenvalue weighted by Crippen LogP contribution is 2.28. The number of benzene rings is 1. The Morgan fingerprint density at radius 2 is 2.00 bits per heavy atom. The van der Waals surface area contributed by atoms with Crippen molar-refractivity contribution in [3.8, 4) is 11.5 Å². The van der Waals surface area contributed by atoms with E-state index in [2.05, 4.69) is 20.7 Å². The molecule has 21 heavy (non-hydrogen) atoms. The normalized spacial score (nSPS) is 10.6. The molecular weight excluding hydrogens is 336 g/mol. The highest BCUT2D eigenvalue weighted by Gasteiger charge is 2.05. The molecule has 0 radical (unpaired) electrons. The van der Waals surface area contributed by atoms with E-state index in [4.69, 9.17) is 9.47 Å². The molecule has 0 unspecified atom stereocenters. The molecule has 116 valence electrons. The summed E-state index contributed by atoms with van der Waals surface area (Å²) >= 11 is 3.41. The number of halogens is 1. The molecule has 0 fully saturated rings. The second-order valence-corrected chi connectivity index (χ2v) is 5.16. The lowest BCUT2D eigenvalue weighted by molar-refractivity contribution is -0.134. The Bertz CT molecular complexity index is 471. The smallest absolute Gasteiger partial charge is 0.330 e. The van der Waals surface area contributed by atoms with Crippen LogP contribution in [0.4, 0.5) is 0 Å². The van der Waals surface area contributed by atoms with E-state index in [9.17, 15) is 4.79 Å². The van der Waals surface area contributed by atoms with E-state index in [0.29, 0.717) is 18.1 Å². The van der Waals surface area contributed by atoms with Crippen molar-refractivity contribution in [3.63, 3.8) is 0 Å². The third-order valence-electron chi connectivity index (χ3n) is 2.84. The molecule has 0 spiro atoms. The van der Waals surface area contributed by atoms with E-state index in [1.54, 1.807) is 13.2 Å². The van der Waals surface area contributed by atoms with Crippen molar-refractivity contribution in [2.75, 3.05) is 26.2 Å². The van der Waals surface area contributed by atoms with Gasteiger partial charge in [-0.3, -0.25) is 0 Å². The lowest BCUT2D eigenvalue weighted by atomic mass is 10.2. The predicted octanol–water partition coefficient (Wildman–Crippen LogP) is 3.83. The molecule has 0 amide bonds. The van der Waals surface area contributed by atoms with Gasteiger partial charge in [0.25, 0.3) is 0 Å². The predicted molar refractivity (Wildman–Crippen MR) is 87.2 cm³/mol. The van der Waals surface area contributed by atoms with Crippen molar-refractivity contribution >= 4 is 28.0 Å². The number of rotatable bonds is 9. The Morgan fingerprint density at radius 3 is 2.67 bits per heavy atom. The van der Waals surface area contributed by atoms with Gasteiger partial charge in [-0.1, -0.05) is 22.0 Å². The van der Waals surface area contributed by atoms with Gasteiger partial charge in [-0.05, 0) is 43.0 Å². The first kappa shape index (κ1) is 17.6. The first-order valence-corrected chi connectivity index (χ1v) is 7.96. The molecule has 0 atom stereocenters. The first-order valence-electron chi connectivity index (χ1n) is 6.84. The van der Waals surface area contributed by atoms with Crippen molar-refractivity contribution in [3.05, 3.63) is 29.8 Å². The Kier molecular flexibility index (Phi) is 8.59. The summed E-state index contributed by atoms with van der Waals surface area (Å²) in [6.45, 7) is 0.667. The molecule has 0 saturated carbocycles. The molecule has 0 aromatic heterocycles. The Balaban J connectivity index is 2.61. The number of esters is 1. The van der Waals surface area contributed by atoms with E-state index >= 15 is 0 Å². The molecule has 0 saturated heterocycles. The third-order valence-corrected chi connectivity index (χ3v) is 3.40. The van der Waals surface area contributed by atoms with Gasteiger partial charge < -0.3 is 14.2 Å². The maximum absolute atomic E-state index is 11.1. The largest absolute Gasteiger partial charge is 0.493 e. The highest BCUT2D eigenvalue weighted by atomic mass is 79.9. The zero-order valence-corrected chi connectivity index (χ0v) is 14.0. The van der Waals surface area contributed by atoms with E-state index < -0.39 is 0 Å². The van der Waals surface area contributed by atoms with Gasteiger partial charge in [0, 0.05) is 11.4 Å². The molecule has 0 bridgehead atoms. The minimum atomic E-state index is -0.388. The number of carbonyl (C=O) groups excluding carboxylic acids is 1. The van der Waals surface area contributed by atoms with E-state index in [-0.39, 0.29) is 5.97 Å². The molecular formula is C16H21BrO4. The van der Waals surface area contributed by atoms with Crippen LogP contribution in [0, 0.1) is 0 Å². The molecule has 0 aliphatic heterocycles. The van der Waals surface area contributed by atoms with Crippen molar-refractivity contribution in [2.45, 2.75) is 19.3 Å². The van der Waals surface area contributed by atoms with Crippen LogP contribution in [0.5, 0.6) is 11.5 Å². The van der Waals surface area contributed by atoms with Crippen LogP contribution in [0.15, 0.2) is 24.3 Å². The van der Waals surface area contributed by atoms with Crippen LogP contribution in [-0.4, -0.2) is 32.1 Å². The molecule has 1 aromatic rings. The summed E-state index contributed by atoms with van der Waals surface area (Å²) in [6, 6.07) is 5.54. The number of hydrogen-bond acceptors (Lipinski definition) is 4. The van der Waals surface area contributed by atoms with E-state index in [1.165, 1.54) is 13.2 Å². The summed E-state index contributed by atoms with van der Waals surface area (Å²) in [7, 11) is 2.95. The summed E-state index contributed by atoms with van der Waals surface area (Å²) < 4.78 is 15.6. The van der Waals surface area contributed by atoms with E-state index in [1.807, 2.05) is 18.2 Å². The summed E-state index contributed by atoms with van der Waals surface area (Å²) in [5.41, 5.74) is 0.851. The zero-order valence-electron chi connectivity index (χ0n) is 12.4. The molecule has 1 aromatic carbocycles. The van der Waals surface area contributed by atoms with Crippen LogP contribution in [0.2, 0.25) is 0 Å². The van der Waals surface area contributed by atoms with Gasteiger partial charge in [0.15, 0.2) is 11.5 Å². The Labute approximate surface area is 134 Å². The monoisotopic (exact) mass is 356 g/mol. The van der Waals surface area contributed by atoms with Crippen molar-refractivity contribution < 1.29 is 19.0 Å². The number of alkyl halides is 1. The standard InChI is InChI=1S/C16H21BrO4/c1-19-15-12-13(7-9-16(18)20-2)6-8-14(15)21-11-5-3-4-10-17/h6-9,12H,3-5,10-11H2,1-2H3/b9-7+. The van der Waals surface area contributed by atoms with Gasteiger partial charge in [0.05, 0.1) is 20.8 Å². The maximum Gasteiger partial charge on any atom is 0.330 e. The van der Waals surface area contributed by atoms with Crippen LogP contribution >= 0.6 is 15.9 Å². The molecule has 5 heteroatoms. The fourth-order valence-electron chi connectivity index (χ4n) is 1.69. The topological polar surface area (TPSA) is 44.8 Å². The Morgan fingerprint density at radius 1 is 1.19 bits per heavy atom. The summed E-state index contributed by atoms with van der Waals surface area (Å²) in [5, 5.41) is 1.03. The summed E-state index contributed by atoms with van der Waals surface area (Å²) in [4.78, 5) is 11.1. The second kappa shape index (κ2) is 10.3. The molecule has 1 rings (SSSR count). The molecule has 0 aliphatic rings. The lowest BCUT2D eigenvalue weighted by Crippen LogP contribution is -2.00. The van der Waals surface area contributed by atoms with Gasteiger partial charge in [0.2, 0.25) is 0 Å². The Hall–Kier alpha value is -1.49. The fraction of sp³-hybridized carbons (Fsp3) is 0.438. The van der Waals surface area contributed by atoms with Crippen LogP contribution in [-0.2, 0) is 9.53 Å². The zero-order chi connectivity index (χ0) is 15.5. The van der Waals surface area contributed by atoms with Crippen molar-refractivity contribution in [1.82, 2.24) is 0 Å². The average molecular weight is 357 g/mol. The van der Waals surface area contributed by atoms with Gasteiger partial charge in [-0.2, -0.15) is 0 Å². The van der Waals surface area contributed by atoms with Gasteiger partial charge in [-0.15, -0.1) is 0 Å². The van der Waals surface area contributed by atoms with Crippen molar-refractivity contribution in [2.24, 2.45) is 0 Å². The number of carbonyl (C=O) groups is 1. The lowest BCUT2D eigenvalue weighted by Gasteiger charge is -2.11. The first-order chi connectivity index (χ1) is 10.2. The van der Waals surface area contributed by atoms with Crippen molar-refractivity contribution in [1.29, 1.82) is 0 Å². The maximum atomic E-state index is 11.1. The average Bonchev–Trinajstić information content (AvgIpc) is 2.52. The number of hydrogen-bond donors (Lipinski definition) is 0. The minimum Gasteiger partial charge on any atom is -0.493 e. The van der Waals surface area contributed by atoms with Crippen LogP contribution in [0.25, 0.3) is 6.08 Å². The number of ether oxygens (including phenoxy) is 3. The molecule has 4 nitrogen and oxygen atoms in total. The number of unbranched alkanes of at least 4 members (excludes halogenated alkanes) is 2. The number of methoxy groups -OCH3 is 2. The fourth-order valence-corrected chi connectivity index (χ4v) is 2.09. The third kappa shape index (κ3) is 6.67.